The Morgan fingerprint density at radius 2 is 1.93 bits per heavy atom. The van der Waals surface area contributed by atoms with E-state index in [2.05, 4.69) is 54.1 Å². The maximum atomic E-state index is 14.7. The number of nitrogens with one attached hydrogen (secondary N) is 2. The molecule has 150 valence electrons. The number of benzene rings is 2. The van der Waals surface area contributed by atoms with Crippen molar-refractivity contribution in [1.29, 1.82) is 0 Å². The summed E-state index contributed by atoms with van der Waals surface area (Å²) in [6.07, 6.45) is 2.35. The second-order valence-corrected chi connectivity index (χ2v) is 8.90. The average molecular weight is 564 g/mol. The minimum absolute atomic E-state index is 0.0603. The molecule has 1 fully saturated rings. The zero-order valence-corrected chi connectivity index (χ0v) is 19.2. The number of carbonyl (C=O) groups is 1. The third-order valence-electron chi connectivity index (χ3n) is 4.77. The van der Waals surface area contributed by atoms with Crippen LogP contribution >= 0.6 is 38.5 Å². The zero-order chi connectivity index (χ0) is 20.3. The Bertz CT molecular complexity index is 888. The molecule has 0 atom stereocenters. The minimum Gasteiger partial charge on any atom is -0.352 e. The normalized spacial score (nSPS) is 14.3. The lowest BCUT2D eigenvalue weighted by atomic mass is 10.1. The Balaban J connectivity index is 1.83. The molecule has 1 amide bonds. The number of hydrogen-bond acceptors (Lipinski definition) is 3. The first kappa shape index (κ1) is 21.4. The van der Waals surface area contributed by atoms with Crippen LogP contribution in [0.4, 0.5) is 20.2 Å². The Hall–Kier alpha value is -1.26. The number of nitrogens with zero attached hydrogens (tertiary/aromatic N) is 1. The molecule has 28 heavy (non-hydrogen) atoms. The van der Waals surface area contributed by atoms with Gasteiger partial charge in [-0.2, -0.15) is 0 Å². The monoisotopic (exact) mass is 563 g/mol. The summed E-state index contributed by atoms with van der Waals surface area (Å²) in [5, 5.41) is 5.72. The second-order valence-electron chi connectivity index (χ2n) is 6.80. The number of carbonyl (C=O) groups excluding carboxylic acids is 1. The zero-order valence-electron chi connectivity index (χ0n) is 15.4. The number of amides is 1. The lowest BCUT2D eigenvalue weighted by Gasteiger charge is -2.18. The number of halogens is 4. The summed E-state index contributed by atoms with van der Waals surface area (Å²) >= 11 is 5.18. The van der Waals surface area contributed by atoms with Crippen LogP contribution in [-0.4, -0.2) is 37.0 Å². The number of anilines is 2. The summed E-state index contributed by atoms with van der Waals surface area (Å²) in [7, 11) is 0. The number of likely N-dealkylation sites (tertiary alicyclic amines) is 1. The predicted molar refractivity (Wildman–Crippen MR) is 119 cm³/mol. The third kappa shape index (κ3) is 5.01. The number of aryl methyl sites for hydroxylation is 1. The molecule has 0 unspecified atom stereocenters. The van der Waals surface area contributed by atoms with E-state index in [4.69, 9.17) is 0 Å². The first-order chi connectivity index (χ1) is 13.4. The maximum absolute atomic E-state index is 14.7. The van der Waals surface area contributed by atoms with E-state index >= 15 is 0 Å². The molecule has 1 aliphatic rings. The second kappa shape index (κ2) is 9.49. The van der Waals surface area contributed by atoms with E-state index < -0.39 is 17.5 Å². The van der Waals surface area contributed by atoms with Crippen molar-refractivity contribution < 1.29 is 13.6 Å². The van der Waals surface area contributed by atoms with Crippen molar-refractivity contribution in [3.05, 3.63) is 55.1 Å². The summed E-state index contributed by atoms with van der Waals surface area (Å²) in [6.45, 7) is 5.14. The van der Waals surface area contributed by atoms with Gasteiger partial charge in [0, 0.05) is 22.3 Å². The van der Waals surface area contributed by atoms with E-state index in [0.29, 0.717) is 12.2 Å². The van der Waals surface area contributed by atoms with Crippen LogP contribution in [0.1, 0.15) is 28.8 Å². The van der Waals surface area contributed by atoms with Gasteiger partial charge in [-0.15, -0.1) is 0 Å². The number of hydrogen-bond donors (Lipinski definition) is 2. The predicted octanol–water partition coefficient (Wildman–Crippen LogP) is 5.21. The van der Waals surface area contributed by atoms with E-state index in [-0.39, 0.29) is 15.7 Å². The van der Waals surface area contributed by atoms with Gasteiger partial charge in [0.05, 0.1) is 15.7 Å². The van der Waals surface area contributed by atoms with Gasteiger partial charge in [0.1, 0.15) is 0 Å². The summed E-state index contributed by atoms with van der Waals surface area (Å²) in [5.74, 6) is -2.55. The van der Waals surface area contributed by atoms with Crippen molar-refractivity contribution in [2.24, 2.45) is 0 Å². The van der Waals surface area contributed by atoms with Crippen LogP contribution in [-0.2, 0) is 0 Å². The van der Waals surface area contributed by atoms with Gasteiger partial charge in [0.25, 0.3) is 5.91 Å². The van der Waals surface area contributed by atoms with E-state index in [1.807, 2.05) is 19.1 Å². The molecule has 1 heterocycles. The highest BCUT2D eigenvalue weighted by atomic mass is 127. The van der Waals surface area contributed by atoms with E-state index in [9.17, 15) is 13.6 Å². The Morgan fingerprint density at radius 3 is 2.61 bits per heavy atom. The molecule has 1 saturated heterocycles. The SMILES string of the molecule is Cc1cc(I)ccc1Nc1c(C(=O)NCCN2CCCC2)cc(Br)c(F)c1F. The van der Waals surface area contributed by atoms with Crippen molar-refractivity contribution in [2.45, 2.75) is 19.8 Å². The highest BCUT2D eigenvalue weighted by Gasteiger charge is 2.22. The lowest BCUT2D eigenvalue weighted by Crippen LogP contribution is -2.33. The van der Waals surface area contributed by atoms with Gasteiger partial charge in [0.2, 0.25) is 0 Å². The van der Waals surface area contributed by atoms with Crippen LogP contribution in [0.5, 0.6) is 0 Å². The molecule has 2 N–H and O–H groups in total. The van der Waals surface area contributed by atoms with Crippen LogP contribution in [0.25, 0.3) is 0 Å². The quantitative estimate of drug-likeness (QED) is 0.375. The van der Waals surface area contributed by atoms with Crippen LogP contribution in [0, 0.1) is 22.1 Å². The van der Waals surface area contributed by atoms with Crippen LogP contribution in [0.3, 0.4) is 0 Å². The van der Waals surface area contributed by atoms with Crippen molar-refractivity contribution in [2.75, 3.05) is 31.5 Å². The van der Waals surface area contributed by atoms with Crippen LogP contribution < -0.4 is 10.6 Å². The number of rotatable bonds is 6. The molecule has 2 aromatic carbocycles. The van der Waals surface area contributed by atoms with Crippen LogP contribution in [0.2, 0.25) is 0 Å². The fourth-order valence-corrected chi connectivity index (χ4v) is 4.28. The standard InChI is InChI=1S/C20H21BrF2IN3O/c1-12-10-13(24)4-5-16(12)26-19-14(11-15(21)17(22)18(19)23)20(28)25-6-9-27-7-2-3-8-27/h4-5,10-11,26H,2-3,6-9H2,1H3,(H,25,28). The molecule has 0 saturated carbocycles. The van der Waals surface area contributed by atoms with E-state index in [1.165, 1.54) is 18.9 Å². The fraction of sp³-hybridized carbons (Fsp3) is 0.350. The van der Waals surface area contributed by atoms with Gasteiger partial charge in [-0.25, -0.2) is 8.78 Å². The molecule has 0 aliphatic carbocycles. The summed E-state index contributed by atoms with van der Waals surface area (Å²) in [5.41, 5.74) is 1.39. The van der Waals surface area contributed by atoms with Gasteiger partial charge in [-0.1, -0.05) is 0 Å². The van der Waals surface area contributed by atoms with Crippen molar-refractivity contribution in [1.82, 2.24) is 10.2 Å². The highest BCUT2D eigenvalue weighted by molar-refractivity contribution is 14.1. The molecule has 0 radical (unpaired) electrons. The molecule has 8 heteroatoms. The topological polar surface area (TPSA) is 44.4 Å². The molecule has 2 aromatic rings. The first-order valence-electron chi connectivity index (χ1n) is 9.08. The Morgan fingerprint density at radius 1 is 1.21 bits per heavy atom. The van der Waals surface area contributed by atoms with Gasteiger partial charge in [-0.05, 0) is 101 Å². The summed E-state index contributed by atoms with van der Waals surface area (Å²) in [6, 6.07) is 6.88. The minimum atomic E-state index is -1.09. The molecule has 0 bridgehead atoms. The molecule has 0 spiro atoms. The largest absolute Gasteiger partial charge is 0.352 e. The third-order valence-corrected chi connectivity index (χ3v) is 6.02. The van der Waals surface area contributed by atoms with Crippen molar-refractivity contribution in [3.8, 4) is 0 Å². The molecular formula is C20H21BrF2IN3O. The molecule has 1 aliphatic heterocycles. The molecule has 4 nitrogen and oxygen atoms in total. The van der Waals surface area contributed by atoms with Gasteiger partial charge >= 0.3 is 0 Å². The van der Waals surface area contributed by atoms with Gasteiger partial charge < -0.3 is 15.5 Å². The van der Waals surface area contributed by atoms with Crippen molar-refractivity contribution >= 4 is 55.8 Å². The Labute approximate surface area is 185 Å². The van der Waals surface area contributed by atoms with Gasteiger partial charge in [-0.3, -0.25) is 4.79 Å². The Kier molecular flexibility index (Phi) is 7.27. The average Bonchev–Trinajstić information content (AvgIpc) is 3.17. The summed E-state index contributed by atoms with van der Waals surface area (Å²) < 4.78 is 29.8. The highest BCUT2D eigenvalue weighted by Crippen LogP contribution is 2.32. The maximum Gasteiger partial charge on any atom is 0.253 e. The van der Waals surface area contributed by atoms with Crippen molar-refractivity contribution in [3.63, 3.8) is 0 Å². The van der Waals surface area contributed by atoms with E-state index in [0.717, 1.165) is 28.8 Å². The molecule has 3 rings (SSSR count). The van der Waals surface area contributed by atoms with Gasteiger partial charge in [0.15, 0.2) is 11.6 Å². The van der Waals surface area contributed by atoms with Crippen LogP contribution in [0.15, 0.2) is 28.7 Å². The molecular weight excluding hydrogens is 543 g/mol. The molecule has 0 aromatic heterocycles. The smallest absolute Gasteiger partial charge is 0.253 e. The lowest BCUT2D eigenvalue weighted by molar-refractivity contribution is 0.0950. The van der Waals surface area contributed by atoms with E-state index in [1.54, 1.807) is 6.07 Å². The fourth-order valence-electron chi connectivity index (χ4n) is 3.23. The summed E-state index contributed by atoms with van der Waals surface area (Å²) in [4.78, 5) is 15.0. The first-order valence-corrected chi connectivity index (χ1v) is 10.9.